The minimum atomic E-state index is -0.551. The molecule has 0 radical (unpaired) electrons. The Kier molecular flexibility index (Phi) is 56.4. The van der Waals surface area contributed by atoms with Crippen LogP contribution >= 0.6 is 0 Å². The van der Waals surface area contributed by atoms with E-state index in [-0.39, 0.29) is 25.2 Å². The Bertz CT molecular complexity index is 1210. The number of unbranched alkanes of at least 4 members (excludes halogenated alkanes) is 31. The Morgan fingerprint density at radius 3 is 0.971 bits per heavy atom. The van der Waals surface area contributed by atoms with Crippen LogP contribution in [-0.4, -0.2) is 37.9 Å². The predicted octanol–water partition coefficient (Wildman–Crippen LogP) is 20.2. The summed E-state index contributed by atoms with van der Waals surface area (Å²) >= 11 is 0. The molecule has 0 rings (SSSR count). The number of allylic oxidation sites excluding steroid dienone is 12. The highest BCUT2D eigenvalue weighted by Gasteiger charge is 2.17. The smallest absolute Gasteiger partial charge is 0.306 e. The molecule has 0 aliphatic carbocycles. The van der Waals surface area contributed by atoms with Gasteiger partial charge in [-0.05, 0) is 116 Å². The van der Waals surface area contributed by atoms with Gasteiger partial charge in [0.05, 0.1) is 6.61 Å². The van der Waals surface area contributed by atoms with Crippen LogP contribution in [0.25, 0.3) is 0 Å². The third-order valence-corrected chi connectivity index (χ3v) is 12.7. The molecule has 0 aromatic rings. The van der Waals surface area contributed by atoms with Crippen LogP contribution in [0.2, 0.25) is 0 Å². The fourth-order valence-electron chi connectivity index (χ4n) is 8.25. The van der Waals surface area contributed by atoms with E-state index in [9.17, 15) is 9.59 Å². The molecule has 0 aromatic heterocycles. The Balaban J connectivity index is 4.30. The average Bonchev–Trinajstić information content (AvgIpc) is 3.34. The molecular formula is C63H112O5. The summed E-state index contributed by atoms with van der Waals surface area (Å²) in [5.41, 5.74) is 0. The molecule has 5 nitrogen and oxygen atoms in total. The first-order valence-electron chi connectivity index (χ1n) is 29.5. The number of ether oxygens (including phenoxy) is 3. The molecule has 394 valence electrons. The molecule has 0 bridgehead atoms. The second-order valence-electron chi connectivity index (χ2n) is 19.5. The summed E-state index contributed by atoms with van der Waals surface area (Å²) < 4.78 is 17.5. The molecule has 1 unspecified atom stereocenters. The number of rotatable bonds is 54. The molecule has 0 amide bonds. The standard InChI is InChI=1S/C63H112O5/c1-4-7-10-13-16-19-22-25-28-31-32-34-35-38-41-44-47-50-53-56-62(64)67-60-61(59-66-58-55-52-49-46-43-40-37-30-27-24-21-18-15-12-9-6-3)68-63(65)57-54-51-48-45-42-39-36-33-29-26-23-20-17-14-11-8-5-2/h16-21,25-30,61H,4-15,22-24,31-60H2,1-3H3/b19-16-,20-17-,21-18-,28-25-,29-26-,30-27-. The lowest BCUT2D eigenvalue weighted by molar-refractivity contribution is -0.163. The van der Waals surface area contributed by atoms with E-state index in [1.165, 1.54) is 193 Å². The average molecular weight is 950 g/mol. The lowest BCUT2D eigenvalue weighted by Gasteiger charge is -2.18. The first kappa shape index (κ1) is 65.3. The number of esters is 2. The molecule has 0 heterocycles. The molecule has 0 saturated heterocycles. The summed E-state index contributed by atoms with van der Waals surface area (Å²) in [6.07, 6.45) is 76.3. The SMILES string of the molecule is CCCCC/C=C\C/C=C\CCCCCCCCCCCC(=O)OCC(COCCCCCCCC/C=C\C/C=C\CCCCC)OC(=O)CCCCCCCCC/C=C\C/C=C\CCCCC. The molecule has 0 aromatic carbocycles. The van der Waals surface area contributed by atoms with Crippen LogP contribution in [0.4, 0.5) is 0 Å². The van der Waals surface area contributed by atoms with Crippen molar-refractivity contribution >= 4 is 11.9 Å². The first-order valence-corrected chi connectivity index (χ1v) is 29.5. The maximum Gasteiger partial charge on any atom is 0.306 e. The van der Waals surface area contributed by atoms with E-state index < -0.39 is 6.10 Å². The molecule has 0 fully saturated rings. The lowest BCUT2D eigenvalue weighted by atomic mass is 10.1. The normalized spacial score (nSPS) is 12.7. The number of hydrogen-bond donors (Lipinski definition) is 0. The minimum Gasteiger partial charge on any atom is -0.462 e. The van der Waals surface area contributed by atoms with Crippen molar-refractivity contribution in [3.63, 3.8) is 0 Å². The Labute approximate surface area is 423 Å². The highest BCUT2D eigenvalue weighted by molar-refractivity contribution is 5.70. The molecule has 0 aliphatic rings. The van der Waals surface area contributed by atoms with E-state index in [0.717, 1.165) is 64.2 Å². The van der Waals surface area contributed by atoms with Crippen molar-refractivity contribution in [1.29, 1.82) is 0 Å². The maximum atomic E-state index is 12.9. The van der Waals surface area contributed by atoms with Gasteiger partial charge in [-0.25, -0.2) is 0 Å². The summed E-state index contributed by atoms with van der Waals surface area (Å²) in [4.78, 5) is 25.6. The van der Waals surface area contributed by atoms with Crippen molar-refractivity contribution < 1.29 is 23.8 Å². The third kappa shape index (κ3) is 55.9. The van der Waals surface area contributed by atoms with Crippen LogP contribution in [0.3, 0.4) is 0 Å². The number of hydrogen-bond acceptors (Lipinski definition) is 5. The minimum absolute atomic E-state index is 0.0746. The second kappa shape index (κ2) is 58.7. The van der Waals surface area contributed by atoms with Crippen LogP contribution < -0.4 is 0 Å². The van der Waals surface area contributed by atoms with Crippen LogP contribution in [0.1, 0.15) is 290 Å². The van der Waals surface area contributed by atoms with Crippen LogP contribution in [0, 0.1) is 0 Å². The zero-order valence-electron chi connectivity index (χ0n) is 45.4. The quantitative estimate of drug-likeness (QED) is 0.0345. The van der Waals surface area contributed by atoms with Gasteiger partial charge in [0.1, 0.15) is 6.61 Å². The van der Waals surface area contributed by atoms with Crippen molar-refractivity contribution in [2.24, 2.45) is 0 Å². The van der Waals surface area contributed by atoms with Gasteiger partial charge >= 0.3 is 11.9 Å². The highest BCUT2D eigenvalue weighted by atomic mass is 16.6. The van der Waals surface area contributed by atoms with Crippen LogP contribution in [0.15, 0.2) is 72.9 Å². The van der Waals surface area contributed by atoms with Crippen LogP contribution in [-0.2, 0) is 23.8 Å². The molecule has 0 N–H and O–H groups in total. The van der Waals surface area contributed by atoms with Crippen molar-refractivity contribution in [3.05, 3.63) is 72.9 Å². The monoisotopic (exact) mass is 949 g/mol. The highest BCUT2D eigenvalue weighted by Crippen LogP contribution is 2.15. The van der Waals surface area contributed by atoms with Crippen molar-refractivity contribution in [2.45, 2.75) is 297 Å². The largest absolute Gasteiger partial charge is 0.462 e. The lowest BCUT2D eigenvalue weighted by Crippen LogP contribution is -2.30. The Morgan fingerprint density at radius 1 is 0.324 bits per heavy atom. The van der Waals surface area contributed by atoms with Crippen molar-refractivity contribution in [2.75, 3.05) is 19.8 Å². The van der Waals surface area contributed by atoms with Crippen LogP contribution in [0.5, 0.6) is 0 Å². The van der Waals surface area contributed by atoms with E-state index in [2.05, 4.69) is 93.7 Å². The molecule has 0 spiro atoms. The Hall–Kier alpha value is -2.66. The first-order chi connectivity index (χ1) is 33.6. The molecule has 1 atom stereocenters. The van der Waals surface area contributed by atoms with Crippen molar-refractivity contribution in [3.8, 4) is 0 Å². The topological polar surface area (TPSA) is 61.8 Å². The van der Waals surface area contributed by atoms with Gasteiger partial charge in [-0.1, -0.05) is 235 Å². The zero-order valence-corrected chi connectivity index (χ0v) is 45.4. The summed E-state index contributed by atoms with van der Waals surface area (Å²) in [5, 5.41) is 0. The third-order valence-electron chi connectivity index (χ3n) is 12.7. The summed E-state index contributed by atoms with van der Waals surface area (Å²) in [7, 11) is 0. The molecule has 68 heavy (non-hydrogen) atoms. The van der Waals surface area contributed by atoms with Gasteiger partial charge in [0, 0.05) is 19.4 Å². The van der Waals surface area contributed by atoms with Gasteiger partial charge in [0.2, 0.25) is 0 Å². The van der Waals surface area contributed by atoms with Gasteiger partial charge in [0.15, 0.2) is 6.10 Å². The summed E-state index contributed by atoms with van der Waals surface area (Å²) in [5.74, 6) is -0.408. The van der Waals surface area contributed by atoms with E-state index >= 15 is 0 Å². The van der Waals surface area contributed by atoms with E-state index in [4.69, 9.17) is 14.2 Å². The molecule has 0 aliphatic heterocycles. The van der Waals surface area contributed by atoms with E-state index in [1.807, 2.05) is 0 Å². The van der Waals surface area contributed by atoms with Gasteiger partial charge in [-0.3, -0.25) is 9.59 Å². The van der Waals surface area contributed by atoms with Crippen molar-refractivity contribution in [1.82, 2.24) is 0 Å². The van der Waals surface area contributed by atoms with E-state index in [0.29, 0.717) is 19.4 Å². The predicted molar refractivity (Wildman–Crippen MR) is 297 cm³/mol. The summed E-state index contributed by atoms with van der Waals surface area (Å²) in [6, 6.07) is 0. The maximum absolute atomic E-state index is 12.9. The van der Waals surface area contributed by atoms with Gasteiger partial charge in [-0.2, -0.15) is 0 Å². The van der Waals surface area contributed by atoms with E-state index in [1.54, 1.807) is 0 Å². The zero-order chi connectivity index (χ0) is 49.2. The Morgan fingerprint density at radius 2 is 0.618 bits per heavy atom. The fourth-order valence-corrected chi connectivity index (χ4v) is 8.25. The van der Waals surface area contributed by atoms with Gasteiger partial charge < -0.3 is 14.2 Å². The fraction of sp³-hybridized carbons (Fsp3) is 0.778. The molecule has 5 heteroatoms. The number of carbonyl (C=O) groups is 2. The molecular weight excluding hydrogens is 837 g/mol. The molecule has 0 saturated carbocycles. The van der Waals surface area contributed by atoms with Gasteiger partial charge in [-0.15, -0.1) is 0 Å². The van der Waals surface area contributed by atoms with Gasteiger partial charge in [0.25, 0.3) is 0 Å². The summed E-state index contributed by atoms with van der Waals surface area (Å²) in [6.45, 7) is 7.75. The number of carbonyl (C=O) groups excluding carboxylic acids is 2. The second-order valence-corrected chi connectivity index (χ2v) is 19.5.